The number of hydrogen-bond acceptors (Lipinski definition) is 3. The van der Waals surface area contributed by atoms with Gasteiger partial charge in [-0.15, -0.1) is 0 Å². The van der Waals surface area contributed by atoms with Crippen molar-refractivity contribution in [2.24, 2.45) is 0 Å². The molecule has 2 rings (SSSR count). The molecule has 0 aromatic carbocycles. The fraction of sp³-hybridized carbons (Fsp3) is 0.867. The number of nitrogens with zero attached hydrogens (tertiary/aromatic N) is 2. The predicted octanol–water partition coefficient (Wildman–Crippen LogP) is 2.20. The lowest BCUT2D eigenvalue weighted by atomic mass is 10.00. The van der Waals surface area contributed by atoms with Gasteiger partial charge in [0.05, 0.1) is 0 Å². The van der Waals surface area contributed by atoms with E-state index in [-0.39, 0.29) is 18.6 Å². The molecule has 0 bridgehead atoms. The summed E-state index contributed by atoms with van der Waals surface area (Å²) in [6.07, 6.45) is 7.27. The molecule has 1 aliphatic heterocycles. The van der Waals surface area contributed by atoms with Crippen molar-refractivity contribution < 1.29 is 14.7 Å². The maximum Gasteiger partial charge on any atom is 0.332 e. The SMILES string of the molecule is CC1CCCC(C)N1NC(=O)N(CC(=O)O)C1CCCC1. The zero-order chi connectivity index (χ0) is 15.4. The van der Waals surface area contributed by atoms with Crippen LogP contribution in [0.3, 0.4) is 0 Å². The molecule has 120 valence electrons. The van der Waals surface area contributed by atoms with Crippen LogP contribution in [0.15, 0.2) is 0 Å². The van der Waals surface area contributed by atoms with E-state index in [9.17, 15) is 9.59 Å². The molecule has 2 amide bonds. The van der Waals surface area contributed by atoms with Crippen LogP contribution in [-0.4, -0.2) is 51.7 Å². The Morgan fingerprint density at radius 2 is 1.67 bits per heavy atom. The van der Waals surface area contributed by atoms with E-state index in [1.54, 1.807) is 0 Å². The molecule has 0 aromatic heterocycles. The Kier molecular flexibility index (Phi) is 5.45. The Bertz CT molecular complexity index is 372. The highest BCUT2D eigenvalue weighted by Gasteiger charge is 2.32. The van der Waals surface area contributed by atoms with E-state index in [2.05, 4.69) is 19.3 Å². The summed E-state index contributed by atoms with van der Waals surface area (Å²) in [6.45, 7) is 3.99. The monoisotopic (exact) mass is 297 g/mol. The van der Waals surface area contributed by atoms with Crippen LogP contribution in [-0.2, 0) is 4.79 Å². The van der Waals surface area contributed by atoms with Gasteiger partial charge in [-0.05, 0) is 39.5 Å². The lowest BCUT2D eigenvalue weighted by Crippen LogP contribution is -2.59. The normalized spacial score (nSPS) is 27.5. The van der Waals surface area contributed by atoms with Crippen molar-refractivity contribution in [3.63, 3.8) is 0 Å². The first-order chi connectivity index (χ1) is 9.99. The van der Waals surface area contributed by atoms with Crippen molar-refractivity contribution in [3.8, 4) is 0 Å². The summed E-state index contributed by atoms with van der Waals surface area (Å²) in [5, 5.41) is 11.1. The fourth-order valence-electron chi connectivity index (χ4n) is 3.54. The number of hydrazine groups is 1. The minimum Gasteiger partial charge on any atom is -0.480 e. The molecule has 21 heavy (non-hydrogen) atoms. The second-order valence-corrected chi connectivity index (χ2v) is 6.41. The predicted molar refractivity (Wildman–Crippen MR) is 79.7 cm³/mol. The van der Waals surface area contributed by atoms with Crippen LogP contribution in [0.2, 0.25) is 0 Å². The van der Waals surface area contributed by atoms with E-state index in [1.165, 1.54) is 11.3 Å². The molecule has 0 radical (unpaired) electrons. The molecule has 1 aliphatic carbocycles. The number of nitrogens with one attached hydrogen (secondary N) is 1. The van der Waals surface area contributed by atoms with Gasteiger partial charge < -0.3 is 10.0 Å². The average Bonchev–Trinajstić information content (AvgIpc) is 2.93. The van der Waals surface area contributed by atoms with Crippen molar-refractivity contribution in [2.75, 3.05) is 6.54 Å². The maximum atomic E-state index is 12.5. The number of carbonyl (C=O) groups is 2. The van der Waals surface area contributed by atoms with E-state index in [4.69, 9.17) is 5.11 Å². The zero-order valence-corrected chi connectivity index (χ0v) is 13.0. The van der Waals surface area contributed by atoms with Crippen molar-refractivity contribution in [3.05, 3.63) is 0 Å². The number of hydrogen-bond donors (Lipinski definition) is 2. The second kappa shape index (κ2) is 7.11. The third-order valence-electron chi connectivity index (χ3n) is 4.75. The first kappa shape index (κ1) is 16.1. The summed E-state index contributed by atoms with van der Waals surface area (Å²) in [5.41, 5.74) is 2.96. The third-order valence-corrected chi connectivity index (χ3v) is 4.75. The van der Waals surface area contributed by atoms with Gasteiger partial charge in [-0.1, -0.05) is 19.3 Å². The summed E-state index contributed by atoms with van der Waals surface area (Å²) >= 11 is 0. The standard InChI is InChI=1S/C15H27N3O3/c1-11-6-5-7-12(2)18(11)16-15(21)17(10-14(19)20)13-8-3-4-9-13/h11-13H,3-10H2,1-2H3,(H,16,21)(H,19,20). The van der Waals surface area contributed by atoms with Crippen molar-refractivity contribution in [2.45, 2.75) is 76.9 Å². The summed E-state index contributed by atoms with van der Waals surface area (Å²) in [7, 11) is 0. The highest BCUT2D eigenvalue weighted by molar-refractivity contribution is 5.80. The van der Waals surface area contributed by atoms with Crippen LogP contribution < -0.4 is 5.43 Å². The molecule has 1 heterocycles. The van der Waals surface area contributed by atoms with Crippen LogP contribution in [0.4, 0.5) is 4.79 Å². The Labute approximate surface area is 126 Å². The van der Waals surface area contributed by atoms with Crippen LogP contribution in [0.5, 0.6) is 0 Å². The van der Waals surface area contributed by atoms with Crippen LogP contribution in [0.1, 0.15) is 58.8 Å². The van der Waals surface area contributed by atoms with Gasteiger partial charge in [0, 0.05) is 18.1 Å². The van der Waals surface area contributed by atoms with E-state index in [0.29, 0.717) is 12.1 Å². The molecule has 6 heteroatoms. The zero-order valence-electron chi connectivity index (χ0n) is 13.0. The first-order valence-corrected chi connectivity index (χ1v) is 8.06. The van der Waals surface area contributed by atoms with Gasteiger partial charge in [0.2, 0.25) is 0 Å². The van der Waals surface area contributed by atoms with Crippen molar-refractivity contribution in [1.29, 1.82) is 0 Å². The summed E-state index contributed by atoms with van der Waals surface area (Å²) in [6, 6.07) is 0.405. The lowest BCUT2D eigenvalue weighted by molar-refractivity contribution is -0.138. The molecule has 1 saturated heterocycles. The number of carboxylic acid groups (broad SMARTS) is 1. The highest BCUT2D eigenvalue weighted by atomic mass is 16.4. The molecule has 2 unspecified atom stereocenters. The largest absolute Gasteiger partial charge is 0.480 e. The fourth-order valence-corrected chi connectivity index (χ4v) is 3.54. The van der Waals surface area contributed by atoms with Crippen molar-refractivity contribution >= 4 is 12.0 Å². The van der Waals surface area contributed by atoms with Crippen LogP contribution in [0.25, 0.3) is 0 Å². The van der Waals surface area contributed by atoms with E-state index < -0.39 is 5.97 Å². The number of piperidine rings is 1. The number of amides is 2. The molecule has 6 nitrogen and oxygen atoms in total. The lowest BCUT2D eigenvalue weighted by Gasteiger charge is -2.40. The summed E-state index contributed by atoms with van der Waals surface area (Å²) < 4.78 is 0. The van der Waals surface area contributed by atoms with Gasteiger partial charge in [0.15, 0.2) is 0 Å². The number of urea groups is 1. The van der Waals surface area contributed by atoms with Crippen LogP contribution >= 0.6 is 0 Å². The minimum absolute atomic E-state index is 0.0662. The quantitative estimate of drug-likeness (QED) is 0.834. The molecule has 2 atom stereocenters. The summed E-state index contributed by atoms with van der Waals surface area (Å²) in [5.74, 6) is -0.947. The van der Waals surface area contributed by atoms with E-state index >= 15 is 0 Å². The van der Waals surface area contributed by atoms with E-state index in [1.807, 2.05) is 5.01 Å². The van der Waals surface area contributed by atoms with Gasteiger partial charge in [-0.25, -0.2) is 9.80 Å². The Balaban J connectivity index is 2.01. The number of aliphatic carboxylic acids is 1. The van der Waals surface area contributed by atoms with Gasteiger partial charge in [-0.2, -0.15) is 0 Å². The third kappa shape index (κ3) is 4.09. The molecule has 0 spiro atoms. The topological polar surface area (TPSA) is 72.9 Å². The van der Waals surface area contributed by atoms with Gasteiger partial charge >= 0.3 is 12.0 Å². The molecular weight excluding hydrogens is 270 g/mol. The van der Waals surface area contributed by atoms with Gasteiger partial charge in [0.1, 0.15) is 6.54 Å². The smallest absolute Gasteiger partial charge is 0.332 e. The Hall–Kier alpha value is -1.30. The van der Waals surface area contributed by atoms with E-state index in [0.717, 1.165) is 38.5 Å². The second-order valence-electron chi connectivity index (χ2n) is 6.41. The van der Waals surface area contributed by atoms with Crippen molar-refractivity contribution in [1.82, 2.24) is 15.3 Å². The van der Waals surface area contributed by atoms with Gasteiger partial charge in [-0.3, -0.25) is 10.2 Å². The minimum atomic E-state index is -0.947. The molecule has 0 aromatic rings. The molecular formula is C15H27N3O3. The number of rotatable bonds is 4. The maximum absolute atomic E-state index is 12.5. The van der Waals surface area contributed by atoms with Crippen LogP contribution in [0, 0.1) is 0 Å². The first-order valence-electron chi connectivity index (χ1n) is 8.06. The highest BCUT2D eigenvalue weighted by Crippen LogP contribution is 2.24. The summed E-state index contributed by atoms with van der Waals surface area (Å²) in [4.78, 5) is 25.1. The molecule has 2 N–H and O–H groups in total. The van der Waals surface area contributed by atoms with Gasteiger partial charge in [0.25, 0.3) is 0 Å². The average molecular weight is 297 g/mol. The Morgan fingerprint density at radius 3 is 2.19 bits per heavy atom. The number of carboxylic acids is 1. The Morgan fingerprint density at radius 1 is 1.10 bits per heavy atom. The molecule has 2 fully saturated rings. The molecule has 1 saturated carbocycles. The number of carbonyl (C=O) groups excluding carboxylic acids is 1. The molecule has 2 aliphatic rings.